The number of nitrogens with zero attached hydrogens (tertiary/aromatic N) is 4. The van der Waals surface area contributed by atoms with E-state index < -0.39 is 0 Å². The van der Waals surface area contributed by atoms with Crippen molar-refractivity contribution in [1.29, 1.82) is 0 Å². The summed E-state index contributed by atoms with van der Waals surface area (Å²) in [4.78, 5) is 35.2. The SMILES string of the molecule is CC(=O)N1CCC(Nc2ncc3cc(-c4ccccc4Cl)c(=O)n(C)c3n2)CC1. The first kappa shape index (κ1) is 19.4. The maximum Gasteiger partial charge on any atom is 0.259 e. The number of aryl methyl sites for hydroxylation is 1. The fourth-order valence-electron chi connectivity index (χ4n) is 3.71. The van der Waals surface area contributed by atoms with Crippen LogP contribution in [0.25, 0.3) is 22.2 Å². The summed E-state index contributed by atoms with van der Waals surface area (Å²) in [6.45, 7) is 3.04. The number of pyridine rings is 1. The number of amides is 1. The van der Waals surface area contributed by atoms with Crippen LogP contribution in [0.3, 0.4) is 0 Å². The van der Waals surface area contributed by atoms with Gasteiger partial charge in [-0.1, -0.05) is 29.8 Å². The molecular weight excluding hydrogens is 390 g/mol. The first-order valence-electron chi connectivity index (χ1n) is 9.58. The molecule has 1 amide bonds. The van der Waals surface area contributed by atoms with E-state index >= 15 is 0 Å². The third-order valence-electron chi connectivity index (χ3n) is 5.39. The van der Waals surface area contributed by atoms with E-state index in [1.165, 1.54) is 4.57 Å². The van der Waals surface area contributed by atoms with Crippen molar-refractivity contribution in [3.63, 3.8) is 0 Å². The highest BCUT2D eigenvalue weighted by Crippen LogP contribution is 2.27. The van der Waals surface area contributed by atoms with Crippen molar-refractivity contribution in [1.82, 2.24) is 19.4 Å². The standard InChI is InChI=1S/C21H22ClN5O2/c1-13(28)27-9-7-15(8-10-27)24-21-23-12-14-11-17(16-5-3-4-6-18(16)22)20(29)26(2)19(14)25-21/h3-6,11-12,15H,7-10H2,1-2H3,(H,23,24,25). The van der Waals surface area contributed by atoms with Crippen molar-refractivity contribution in [2.24, 2.45) is 7.05 Å². The van der Waals surface area contributed by atoms with E-state index in [1.54, 1.807) is 32.3 Å². The fraction of sp³-hybridized carbons (Fsp3) is 0.333. The lowest BCUT2D eigenvalue weighted by molar-refractivity contribution is -0.129. The lowest BCUT2D eigenvalue weighted by Gasteiger charge is -2.31. The molecule has 2 aromatic heterocycles. The highest BCUT2D eigenvalue weighted by atomic mass is 35.5. The van der Waals surface area contributed by atoms with Gasteiger partial charge in [-0.2, -0.15) is 4.98 Å². The van der Waals surface area contributed by atoms with E-state index in [0.717, 1.165) is 31.3 Å². The smallest absolute Gasteiger partial charge is 0.259 e. The summed E-state index contributed by atoms with van der Waals surface area (Å²) in [5.74, 6) is 0.592. The van der Waals surface area contributed by atoms with Gasteiger partial charge in [-0.05, 0) is 25.0 Å². The first-order chi connectivity index (χ1) is 13.9. The molecule has 4 rings (SSSR count). The van der Waals surface area contributed by atoms with Crippen LogP contribution >= 0.6 is 11.6 Å². The zero-order valence-corrected chi connectivity index (χ0v) is 17.1. The lowest BCUT2D eigenvalue weighted by atomic mass is 10.1. The number of halogens is 1. The van der Waals surface area contributed by atoms with Crippen LogP contribution in [0.4, 0.5) is 5.95 Å². The second kappa shape index (κ2) is 7.83. The summed E-state index contributed by atoms with van der Waals surface area (Å²) in [6, 6.07) is 9.26. The second-order valence-electron chi connectivity index (χ2n) is 7.30. The van der Waals surface area contributed by atoms with E-state index in [1.807, 2.05) is 23.1 Å². The minimum Gasteiger partial charge on any atom is -0.351 e. The molecule has 0 radical (unpaired) electrons. The number of hydrogen-bond donors (Lipinski definition) is 1. The van der Waals surface area contributed by atoms with Crippen molar-refractivity contribution in [2.75, 3.05) is 18.4 Å². The number of carbonyl (C=O) groups is 1. The Morgan fingerprint density at radius 3 is 2.62 bits per heavy atom. The average Bonchev–Trinajstić information content (AvgIpc) is 2.72. The molecule has 0 spiro atoms. The summed E-state index contributed by atoms with van der Waals surface area (Å²) < 4.78 is 1.53. The Bertz CT molecular complexity index is 1140. The predicted octanol–water partition coefficient (Wildman–Crippen LogP) is 3.07. The van der Waals surface area contributed by atoms with Crippen LogP contribution in [0.1, 0.15) is 19.8 Å². The summed E-state index contributed by atoms with van der Waals surface area (Å²) in [7, 11) is 1.70. The number of aromatic nitrogens is 3. The van der Waals surface area contributed by atoms with Gasteiger partial charge in [0.25, 0.3) is 5.56 Å². The second-order valence-corrected chi connectivity index (χ2v) is 7.71. The van der Waals surface area contributed by atoms with E-state index in [-0.39, 0.29) is 17.5 Å². The van der Waals surface area contributed by atoms with Crippen molar-refractivity contribution < 1.29 is 4.79 Å². The first-order valence-corrected chi connectivity index (χ1v) is 9.95. The van der Waals surface area contributed by atoms with Crippen LogP contribution < -0.4 is 10.9 Å². The molecule has 0 bridgehead atoms. The number of anilines is 1. The third kappa shape index (κ3) is 3.82. The third-order valence-corrected chi connectivity index (χ3v) is 5.72. The Hall–Kier alpha value is -2.93. The van der Waals surface area contributed by atoms with Gasteiger partial charge < -0.3 is 10.2 Å². The van der Waals surface area contributed by atoms with Gasteiger partial charge in [0.2, 0.25) is 11.9 Å². The molecule has 0 aliphatic carbocycles. The Labute approximate surface area is 173 Å². The number of piperidine rings is 1. The molecule has 0 atom stereocenters. The zero-order valence-electron chi connectivity index (χ0n) is 16.4. The number of benzene rings is 1. The quantitative estimate of drug-likeness (QED) is 0.716. The van der Waals surface area contributed by atoms with Crippen molar-refractivity contribution in [3.05, 3.63) is 51.9 Å². The Kier molecular flexibility index (Phi) is 5.24. The highest BCUT2D eigenvalue weighted by Gasteiger charge is 2.21. The van der Waals surface area contributed by atoms with Crippen LogP contribution in [0.2, 0.25) is 5.02 Å². The Morgan fingerprint density at radius 2 is 1.93 bits per heavy atom. The number of hydrogen-bond acceptors (Lipinski definition) is 5. The molecule has 3 aromatic rings. The molecule has 0 saturated carbocycles. The monoisotopic (exact) mass is 411 g/mol. The lowest BCUT2D eigenvalue weighted by Crippen LogP contribution is -2.41. The van der Waals surface area contributed by atoms with Gasteiger partial charge in [-0.15, -0.1) is 0 Å². The van der Waals surface area contributed by atoms with Crippen LogP contribution in [0.5, 0.6) is 0 Å². The number of likely N-dealkylation sites (tertiary alicyclic amines) is 1. The summed E-state index contributed by atoms with van der Waals surface area (Å²) >= 11 is 6.28. The van der Waals surface area contributed by atoms with Gasteiger partial charge in [-0.3, -0.25) is 14.2 Å². The molecule has 29 heavy (non-hydrogen) atoms. The maximum atomic E-state index is 12.9. The van der Waals surface area contributed by atoms with Crippen molar-refractivity contribution in [2.45, 2.75) is 25.8 Å². The van der Waals surface area contributed by atoms with Crippen molar-refractivity contribution >= 4 is 34.5 Å². The maximum absolute atomic E-state index is 12.9. The summed E-state index contributed by atoms with van der Waals surface area (Å²) in [6.07, 6.45) is 3.39. The molecule has 7 nitrogen and oxygen atoms in total. The van der Waals surface area contributed by atoms with Crippen LogP contribution in [-0.4, -0.2) is 44.5 Å². The minimum absolute atomic E-state index is 0.106. The fourth-order valence-corrected chi connectivity index (χ4v) is 3.95. The van der Waals surface area contributed by atoms with E-state index in [0.29, 0.717) is 27.7 Å². The van der Waals surface area contributed by atoms with Gasteiger partial charge >= 0.3 is 0 Å². The van der Waals surface area contributed by atoms with E-state index in [9.17, 15) is 9.59 Å². The molecule has 1 aliphatic heterocycles. The molecule has 1 aliphatic rings. The van der Waals surface area contributed by atoms with Crippen LogP contribution in [-0.2, 0) is 11.8 Å². The topological polar surface area (TPSA) is 80.1 Å². The molecule has 1 fully saturated rings. The van der Waals surface area contributed by atoms with E-state index in [2.05, 4.69) is 15.3 Å². The largest absolute Gasteiger partial charge is 0.351 e. The van der Waals surface area contributed by atoms with Crippen LogP contribution in [0.15, 0.2) is 41.3 Å². The summed E-state index contributed by atoms with van der Waals surface area (Å²) in [5, 5.41) is 4.63. The normalized spacial score (nSPS) is 14.9. The number of carbonyl (C=O) groups excluding carboxylic acids is 1. The van der Waals surface area contributed by atoms with Gasteiger partial charge in [0.15, 0.2) is 0 Å². The molecule has 8 heteroatoms. The predicted molar refractivity (Wildman–Crippen MR) is 114 cm³/mol. The molecule has 1 aromatic carbocycles. The minimum atomic E-state index is -0.162. The number of nitrogens with one attached hydrogen (secondary N) is 1. The van der Waals surface area contributed by atoms with Gasteiger partial charge in [-0.25, -0.2) is 4.98 Å². The molecule has 150 valence electrons. The van der Waals surface area contributed by atoms with Crippen molar-refractivity contribution in [3.8, 4) is 11.1 Å². The molecular formula is C21H22ClN5O2. The summed E-state index contributed by atoms with van der Waals surface area (Å²) in [5.41, 5.74) is 1.61. The Balaban J connectivity index is 1.63. The zero-order chi connectivity index (χ0) is 20.5. The molecule has 1 N–H and O–H groups in total. The van der Waals surface area contributed by atoms with E-state index in [4.69, 9.17) is 11.6 Å². The van der Waals surface area contributed by atoms with Gasteiger partial charge in [0, 0.05) is 60.8 Å². The van der Waals surface area contributed by atoms with Gasteiger partial charge in [0.05, 0.1) is 0 Å². The molecule has 0 unspecified atom stereocenters. The number of fused-ring (bicyclic) bond motifs is 1. The van der Waals surface area contributed by atoms with Crippen LogP contribution in [0, 0.1) is 0 Å². The molecule has 1 saturated heterocycles. The Morgan fingerprint density at radius 1 is 1.21 bits per heavy atom. The molecule has 3 heterocycles. The van der Waals surface area contributed by atoms with Gasteiger partial charge in [0.1, 0.15) is 5.65 Å². The average molecular weight is 412 g/mol. The highest BCUT2D eigenvalue weighted by molar-refractivity contribution is 6.33. The number of rotatable bonds is 3.